The van der Waals surface area contributed by atoms with Crippen molar-refractivity contribution in [1.82, 2.24) is 5.32 Å². The van der Waals surface area contributed by atoms with Crippen LogP contribution in [0.4, 0.5) is 11.4 Å². The van der Waals surface area contributed by atoms with Crippen molar-refractivity contribution in [2.45, 2.75) is 19.3 Å². The number of hydrogen-bond donors (Lipinski definition) is 2. The average molecular weight is 374 g/mol. The minimum atomic E-state index is -0.145. The predicted octanol–water partition coefficient (Wildman–Crippen LogP) is 4.00. The molecule has 0 aliphatic carbocycles. The molecule has 2 aromatic rings. The van der Waals surface area contributed by atoms with Gasteiger partial charge < -0.3 is 15.5 Å². The van der Waals surface area contributed by atoms with Gasteiger partial charge in [-0.3, -0.25) is 4.79 Å². The Hall–Kier alpha value is -2.11. The molecule has 4 nitrogen and oxygen atoms in total. The van der Waals surface area contributed by atoms with Crippen molar-refractivity contribution < 1.29 is 4.79 Å². The number of carbonyl (C=O) groups excluding carboxylic acids is 1. The Bertz CT molecular complexity index is 761. The zero-order chi connectivity index (χ0) is 17.6. The molecule has 1 heterocycles. The third-order valence-electron chi connectivity index (χ3n) is 4.12. The van der Waals surface area contributed by atoms with Gasteiger partial charge in [0.2, 0.25) is 5.91 Å². The van der Waals surface area contributed by atoms with Gasteiger partial charge in [-0.05, 0) is 42.8 Å². The molecule has 25 heavy (non-hydrogen) atoms. The van der Waals surface area contributed by atoms with E-state index in [-0.39, 0.29) is 17.4 Å². The Balaban J connectivity index is 1.65. The van der Waals surface area contributed by atoms with Crippen LogP contribution in [0, 0.1) is 0 Å². The molecule has 1 fully saturated rings. The molecule has 2 N–H and O–H groups in total. The first-order valence-corrected chi connectivity index (χ1v) is 9.10. The maximum atomic E-state index is 12.1. The summed E-state index contributed by atoms with van der Waals surface area (Å²) in [4.78, 5) is 14.4. The number of rotatable bonds is 4. The highest BCUT2D eigenvalue weighted by Crippen LogP contribution is 2.35. The van der Waals surface area contributed by atoms with Crippen molar-refractivity contribution in [3.05, 3.63) is 59.1 Å². The second kappa shape index (κ2) is 8.32. The normalized spacial score (nSPS) is 13.6. The van der Waals surface area contributed by atoms with Gasteiger partial charge >= 0.3 is 0 Å². The number of amides is 1. The first-order chi connectivity index (χ1) is 12.1. The summed E-state index contributed by atoms with van der Waals surface area (Å²) >= 11 is 11.7. The molecule has 0 saturated carbocycles. The van der Waals surface area contributed by atoms with E-state index < -0.39 is 0 Å². The van der Waals surface area contributed by atoms with Gasteiger partial charge in [0.25, 0.3) is 0 Å². The van der Waals surface area contributed by atoms with E-state index in [1.807, 2.05) is 48.5 Å². The van der Waals surface area contributed by atoms with Crippen LogP contribution in [0.2, 0.25) is 5.02 Å². The Morgan fingerprint density at radius 1 is 1.08 bits per heavy atom. The van der Waals surface area contributed by atoms with Gasteiger partial charge in [0.05, 0.1) is 22.8 Å². The largest absolute Gasteiger partial charge is 0.369 e. The van der Waals surface area contributed by atoms with Crippen LogP contribution in [-0.4, -0.2) is 24.1 Å². The van der Waals surface area contributed by atoms with E-state index in [2.05, 4.69) is 15.5 Å². The Morgan fingerprint density at radius 3 is 2.52 bits per heavy atom. The summed E-state index contributed by atoms with van der Waals surface area (Å²) in [6.07, 6.45) is 2.60. The molecular formula is C19H20ClN3OS. The summed E-state index contributed by atoms with van der Waals surface area (Å²) in [5.41, 5.74) is 2.71. The molecule has 0 bridgehead atoms. The van der Waals surface area contributed by atoms with Gasteiger partial charge in [0.15, 0.2) is 5.11 Å². The van der Waals surface area contributed by atoms with Crippen LogP contribution in [0.3, 0.4) is 0 Å². The number of benzene rings is 2. The van der Waals surface area contributed by atoms with Gasteiger partial charge in [-0.2, -0.15) is 0 Å². The van der Waals surface area contributed by atoms with Crippen LogP contribution < -0.4 is 15.5 Å². The first kappa shape index (κ1) is 17.7. The van der Waals surface area contributed by atoms with Crippen LogP contribution in [0.15, 0.2) is 48.5 Å². The second-order valence-electron chi connectivity index (χ2n) is 5.99. The molecule has 130 valence electrons. The number of halogens is 1. The van der Waals surface area contributed by atoms with Crippen molar-refractivity contribution >= 4 is 46.2 Å². The van der Waals surface area contributed by atoms with Crippen molar-refractivity contribution in [1.29, 1.82) is 0 Å². The molecular weight excluding hydrogens is 354 g/mol. The summed E-state index contributed by atoms with van der Waals surface area (Å²) < 4.78 is 0. The molecule has 1 amide bonds. The molecule has 0 aromatic heterocycles. The lowest BCUT2D eigenvalue weighted by Gasteiger charge is -2.23. The van der Waals surface area contributed by atoms with Gasteiger partial charge in [-0.15, -0.1) is 0 Å². The number of carbonyl (C=O) groups is 1. The maximum absolute atomic E-state index is 12.1. The third kappa shape index (κ3) is 4.71. The maximum Gasteiger partial charge on any atom is 0.230 e. The first-order valence-electron chi connectivity index (χ1n) is 8.32. The molecule has 1 aliphatic heterocycles. The van der Waals surface area contributed by atoms with Crippen LogP contribution in [0.25, 0.3) is 0 Å². The molecule has 0 atom stereocenters. The van der Waals surface area contributed by atoms with E-state index in [1.165, 1.54) is 0 Å². The van der Waals surface area contributed by atoms with E-state index in [4.69, 9.17) is 23.8 Å². The van der Waals surface area contributed by atoms with E-state index >= 15 is 0 Å². The highest BCUT2D eigenvalue weighted by atomic mass is 35.5. The van der Waals surface area contributed by atoms with Gasteiger partial charge in [0, 0.05) is 13.1 Å². The fourth-order valence-electron chi connectivity index (χ4n) is 2.98. The monoisotopic (exact) mass is 373 g/mol. The fraction of sp³-hybridized carbons (Fsp3) is 0.263. The summed E-state index contributed by atoms with van der Waals surface area (Å²) in [6, 6.07) is 15.2. The number of nitrogens with one attached hydrogen (secondary N) is 2. The van der Waals surface area contributed by atoms with Gasteiger partial charge in [0.1, 0.15) is 0 Å². The van der Waals surface area contributed by atoms with Crippen LogP contribution >= 0.6 is 23.8 Å². The lowest BCUT2D eigenvalue weighted by Crippen LogP contribution is -2.35. The number of anilines is 2. The summed E-state index contributed by atoms with van der Waals surface area (Å²) in [6.45, 7) is 1.96. The fourth-order valence-corrected chi connectivity index (χ4v) is 3.50. The Morgan fingerprint density at radius 2 is 1.80 bits per heavy atom. The van der Waals surface area contributed by atoms with Crippen molar-refractivity contribution in [3.8, 4) is 0 Å². The minimum absolute atomic E-state index is 0.145. The SMILES string of the molecule is O=C(Cc1ccccc1)NC(=S)Nc1cccc(Cl)c1N1CCCC1. The molecule has 1 saturated heterocycles. The highest BCUT2D eigenvalue weighted by Gasteiger charge is 2.19. The van der Waals surface area contributed by atoms with E-state index in [0.717, 1.165) is 42.9 Å². The minimum Gasteiger partial charge on any atom is -0.369 e. The van der Waals surface area contributed by atoms with E-state index in [9.17, 15) is 4.79 Å². The smallest absolute Gasteiger partial charge is 0.230 e. The molecule has 3 rings (SSSR count). The number of para-hydroxylation sites is 1. The lowest BCUT2D eigenvalue weighted by molar-refractivity contribution is -0.119. The number of hydrogen-bond acceptors (Lipinski definition) is 3. The van der Waals surface area contributed by atoms with Crippen molar-refractivity contribution in [2.75, 3.05) is 23.3 Å². The molecule has 2 aromatic carbocycles. The van der Waals surface area contributed by atoms with Crippen molar-refractivity contribution in [2.24, 2.45) is 0 Å². The van der Waals surface area contributed by atoms with Crippen LogP contribution in [0.1, 0.15) is 18.4 Å². The Kier molecular flexibility index (Phi) is 5.89. The lowest BCUT2D eigenvalue weighted by atomic mass is 10.1. The Labute approximate surface area is 158 Å². The number of nitrogens with zero attached hydrogens (tertiary/aromatic N) is 1. The zero-order valence-corrected chi connectivity index (χ0v) is 15.4. The van der Waals surface area contributed by atoms with Crippen LogP contribution in [-0.2, 0) is 11.2 Å². The molecule has 0 spiro atoms. The summed E-state index contributed by atoms with van der Waals surface area (Å²) in [5, 5.41) is 6.82. The summed E-state index contributed by atoms with van der Waals surface area (Å²) in [7, 11) is 0. The van der Waals surface area contributed by atoms with E-state index in [0.29, 0.717) is 5.02 Å². The second-order valence-corrected chi connectivity index (χ2v) is 6.81. The standard InChI is InChI=1S/C19H20ClN3OS/c20-15-9-6-10-16(18(15)23-11-4-5-12-23)21-19(25)22-17(24)13-14-7-2-1-3-8-14/h1-3,6-10H,4-5,11-13H2,(H2,21,22,24,25). The van der Waals surface area contributed by atoms with Gasteiger partial charge in [-0.1, -0.05) is 48.0 Å². The van der Waals surface area contributed by atoms with Crippen molar-refractivity contribution in [3.63, 3.8) is 0 Å². The van der Waals surface area contributed by atoms with E-state index in [1.54, 1.807) is 0 Å². The summed E-state index contributed by atoms with van der Waals surface area (Å²) in [5.74, 6) is -0.145. The average Bonchev–Trinajstić information content (AvgIpc) is 3.09. The van der Waals surface area contributed by atoms with Crippen LogP contribution in [0.5, 0.6) is 0 Å². The predicted molar refractivity (Wildman–Crippen MR) is 107 cm³/mol. The quantitative estimate of drug-likeness (QED) is 0.795. The molecule has 0 unspecified atom stereocenters. The highest BCUT2D eigenvalue weighted by molar-refractivity contribution is 7.80. The van der Waals surface area contributed by atoms with Gasteiger partial charge in [-0.25, -0.2) is 0 Å². The molecule has 0 radical (unpaired) electrons. The third-order valence-corrected chi connectivity index (χ3v) is 4.63. The zero-order valence-electron chi connectivity index (χ0n) is 13.8. The topological polar surface area (TPSA) is 44.4 Å². The molecule has 6 heteroatoms. The molecule has 1 aliphatic rings. The number of thiocarbonyl (C=S) groups is 1.